The first kappa shape index (κ1) is 20.5. The van der Waals surface area contributed by atoms with Crippen LogP contribution in [0, 0.1) is 0 Å². The first-order chi connectivity index (χ1) is 13.7. The first-order valence-electron chi connectivity index (χ1n) is 9.69. The van der Waals surface area contributed by atoms with Gasteiger partial charge in [-0.15, -0.1) is 0 Å². The van der Waals surface area contributed by atoms with Crippen molar-refractivity contribution in [3.05, 3.63) is 59.1 Å². The van der Waals surface area contributed by atoms with Crippen LogP contribution in [-0.2, 0) is 4.79 Å². The normalized spacial score (nSPS) is 15.6. The molecule has 0 saturated carbocycles. The molecule has 1 aliphatic heterocycles. The van der Waals surface area contributed by atoms with Gasteiger partial charge >= 0.3 is 0 Å². The monoisotopic (exact) mass is 402 g/mol. The second-order valence-electron chi connectivity index (χ2n) is 6.93. The number of ether oxygens (including phenoxy) is 2. The molecule has 6 heteroatoms. The molecule has 0 aromatic heterocycles. The molecular formula is C22H27ClN2O3. The molecule has 0 bridgehead atoms. The molecule has 1 saturated heterocycles. The minimum absolute atomic E-state index is 0.0142. The number of carbonyl (C=O) groups is 1. The molecule has 1 heterocycles. The molecule has 28 heavy (non-hydrogen) atoms. The Morgan fingerprint density at radius 3 is 2.32 bits per heavy atom. The van der Waals surface area contributed by atoms with Gasteiger partial charge in [0.25, 0.3) is 5.91 Å². The van der Waals surface area contributed by atoms with E-state index in [-0.39, 0.29) is 18.6 Å². The molecule has 1 atom stereocenters. The molecule has 0 radical (unpaired) electrons. The fraction of sp³-hybridized carbons (Fsp3) is 0.409. The number of methoxy groups -OCH3 is 1. The summed E-state index contributed by atoms with van der Waals surface area (Å²) in [6, 6.07) is 15.2. The summed E-state index contributed by atoms with van der Waals surface area (Å²) in [7, 11) is 1.61. The van der Waals surface area contributed by atoms with E-state index in [9.17, 15) is 4.79 Å². The van der Waals surface area contributed by atoms with Crippen molar-refractivity contribution in [3.8, 4) is 11.5 Å². The quantitative estimate of drug-likeness (QED) is 0.723. The smallest absolute Gasteiger partial charge is 0.258 e. The average Bonchev–Trinajstić information content (AvgIpc) is 2.75. The highest BCUT2D eigenvalue weighted by Crippen LogP contribution is 2.25. The van der Waals surface area contributed by atoms with E-state index in [2.05, 4.69) is 10.2 Å². The van der Waals surface area contributed by atoms with E-state index in [1.54, 1.807) is 31.4 Å². The first-order valence-corrected chi connectivity index (χ1v) is 10.1. The summed E-state index contributed by atoms with van der Waals surface area (Å²) in [5.41, 5.74) is 1.17. The second kappa shape index (κ2) is 10.3. The molecule has 3 rings (SSSR count). The Morgan fingerprint density at radius 1 is 1.04 bits per heavy atom. The Bertz CT molecular complexity index is 743. The maximum atomic E-state index is 12.3. The van der Waals surface area contributed by atoms with E-state index in [1.165, 1.54) is 24.8 Å². The third kappa shape index (κ3) is 5.88. The minimum atomic E-state index is -0.133. The van der Waals surface area contributed by atoms with Crippen LogP contribution in [0.1, 0.15) is 30.9 Å². The number of likely N-dealkylation sites (tertiary alicyclic amines) is 1. The summed E-state index contributed by atoms with van der Waals surface area (Å²) < 4.78 is 10.7. The largest absolute Gasteiger partial charge is 0.497 e. The van der Waals surface area contributed by atoms with Crippen LogP contribution in [0.3, 0.4) is 0 Å². The van der Waals surface area contributed by atoms with Gasteiger partial charge in [0, 0.05) is 11.6 Å². The Balaban J connectivity index is 1.55. The van der Waals surface area contributed by atoms with Crippen molar-refractivity contribution in [2.75, 3.05) is 33.4 Å². The lowest BCUT2D eigenvalue weighted by molar-refractivity contribution is -0.123. The van der Waals surface area contributed by atoms with E-state index in [1.807, 2.05) is 24.3 Å². The molecule has 150 valence electrons. The lowest BCUT2D eigenvalue weighted by Gasteiger charge is -2.35. The fourth-order valence-corrected chi connectivity index (χ4v) is 3.58. The molecule has 2 aromatic rings. The molecule has 2 aromatic carbocycles. The number of nitrogens with one attached hydrogen (secondary N) is 1. The molecule has 0 aliphatic carbocycles. The van der Waals surface area contributed by atoms with Crippen LogP contribution in [-0.4, -0.2) is 44.2 Å². The summed E-state index contributed by atoms with van der Waals surface area (Å²) >= 11 is 6.04. The summed E-state index contributed by atoms with van der Waals surface area (Å²) in [5.74, 6) is 1.26. The predicted octanol–water partition coefficient (Wildman–Crippen LogP) is 4.07. The van der Waals surface area contributed by atoms with E-state index in [4.69, 9.17) is 21.1 Å². The van der Waals surface area contributed by atoms with Gasteiger partial charge in [0.1, 0.15) is 11.5 Å². The second-order valence-corrected chi connectivity index (χ2v) is 7.37. The molecule has 0 unspecified atom stereocenters. The zero-order chi connectivity index (χ0) is 19.8. The Hall–Kier alpha value is -2.24. The summed E-state index contributed by atoms with van der Waals surface area (Å²) in [6.07, 6.45) is 3.66. The van der Waals surface area contributed by atoms with Crippen molar-refractivity contribution in [1.29, 1.82) is 0 Å². The number of hydrogen-bond acceptors (Lipinski definition) is 4. The van der Waals surface area contributed by atoms with E-state index >= 15 is 0 Å². The highest BCUT2D eigenvalue weighted by atomic mass is 35.5. The lowest BCUT2D eigenvalue weighted by atomic mass is 10.0. The van der Waals surface area contributed by atoms with E-state index in [0.29, 0.717) is 12.3 Å². The topological polar surface area (TPSA) is 50.8 Å². The molecule has 5 nitrogen and oxygen atoms in total. The zero-order valence-electron chi connectivity index (χ0n) is 16.2. The van der Waals surface area contributed by atoms with Gasteiger partial charge < -0.3 is 14.8 Å². The number of carbonyl (C=O) groups excluding carboxylic acids is 1. The van der Waals surface area contributed by atoms with Gasteiger partial charge in [-0.3, -0.25) is 9.69 Å². The number of nitrogens with zero attached hydrogens (tertiary/aromatic N) is 1. The van der Waals surface area contributed by atoms with Crippen molar-refractivity contribution >= 4 is 17.5 Å². The van der Waals surface area contributed by atoms with Crippen LogP contribution in [0.4, 0.5) is 0 Å². The predicted molar refractivity (Wildman–Crippen MR) is 111 cm³/mol. The van der Waals surface area contributed by atoms with Crippen LogP contribution in [0.2, 0.25) is 5.02 Å². The third-order valence-electron chi connectivity index (χ3n) is 5.01. The van der Waals surface area contributed by atoms with Crippen LogP contribution in [0.25, 0.3) is 0 Å². The number of benzene rings is 2. The number of rotatable bonds is 8. The number of hydrogen-bond donors (Lipinski definition) is 1. The molecular weight excluding hydrogens is 376 g/mol. The van der Waals surface area contributed by atoms with Gasteiger partial charge in [-0.1, -0.05) is 30.2 Å². The van der Waals surface area contributed by atoms with Gasteiger partial charge in [-0.25, -0.2) is 0 Å². The standard InChI is InChI=1S/C22H27ClN2O3/c1-27-19-9-11-20(12-10-19)28-16-22(26)24-15-21(25-13-3-2-4-14-25)17-5-7-18(23)8-6-17/h5-12,21H,2-4,13-16H2,1H3,(H,24,26)/t21-/m0/s1. The Labute approximate surface area is 171 Å². The van der Waals surface area contributed by atoms with Crippen molar-refractivity contribution in [1.82, 2.24) is 10.2 Å². The van der Waals surface area contributed by atoms with Crippen LogP contribution in [0.15, 0.2) is 48.5 Å². The lowest BCUT2D eigenvalue weighted by Crippen LogP contribution is -2.41. The van der Waals surface area contributed by atoms with E-state index < -0.39 is 0 Å². The number of amides is 1. The van der Waals surface area contributed by atoms with Gasteiger partial charge in [-0.05, 0) is 67.9 Å². The van der Waals surface area contributed by atoms with Gasteiger partial charge in [0.2, 0.25) is 0 Å². The maximum absolute atomic E-state index is 12.3. The SMILES string of the molecule is COc1ccc(OCC(=O)NC[C@@H](c2ccc(Cl)cc2)N2CCCCC2)cc1. The van der Waals surface area contributed by atoms with Crippen molar-refractivity contribution in [2.24, 2.45) is 0 Å². The Morgan fingerprint density at radius 2 is 1.68 bits per heavy atom. The van der Waals surface area contributed by atoms with Crippen LogP contribution < -0.4 is 14.8 Å². The maximum Gasteiger partial charge on any atom is 0.258 e. The number of piperidine rings is 1. The highest BCUT2D eigenvalue weighted by Gasteiger charge is 2.23. The van der Waals surface area contributed by atoms with Crippen LogP contribution in [0.5, 0.6) is 11.5 Å². The fourth-order valence-electron chi connectivity index (χ4n) is 3.46. The molecule has 0 spiro atoms. The molecule has 1 fully saturated rings. The molecule has 1 amide bonds. The summed E-state index contributed by atoms with van der Waals surface area (Å²) in [4.78, 5) is 14.8. The molecule has 1 aliphatic rings. The van der Waals surface area contributed by atoms with E-state index in [0.717, 1.165) is 23.9 Å². The average molecular weight is 403 g/mol. The summed E-state index contributed by atoms with van der Waals surface area (Å²) in [5, 5.41) is 3.74. The van der Waals surface area contributed by atoms with Crippen molar-refractivity contribution in [3.63, 3.8) is 0 Å². The number of halogens is 1. The Kier molecular flexibility index (Phi) is 7.57. The van der Waals surface area contributed by atoms with Gasteiger partial charge in [0.05, 0.1) is 13.2 Å². The zero-order valence-corrected chi connectivity index (χ0v) is 17.0. The third-order valence-corrected chi connectivity index (χ3v) is 5.26. The molecule has 1 N–H and O–H groups in total. The summed E-state index contributed by atoms with van der Waals surface area (Å²) in [6.45, 7) is 2.63. The highest BCUT2D eigenvalue weighted by molar-refractivity contribution is 6.30. The minimum Gasteiger partial charge on any atom is -0.497 e. The van der Waals surface area contributed by atoms with Crippen LogP contribution >= 0.6 is 11.6 Å². The van der Waals surface area contributed by atoms with Crippen molar-refractivity contribution < 1.29 is 14.3 Å². The van der Waals surface area contributed by atoms with Gasteiger partial charge in [0.15, 0.2) is 6.61 Å². The van der Waals surface area contributed by atoms with Gasteiger partial charge in [-0.2, -0.15) is 0 Å². The van der Waals surface area contributed by atoms with Crippen molar-refractivity contribution in [2.45, 2.75) is 25.3 Å².